The van der Waals surface area contributed by atoms with Gasteiger partial charge in [0, 0.05) is 23.1 Å². The zero-order valence-corrected chi connectivity index (χ0v) is 18.9. The second-order valence-corrected chi connectivity index (χ2v) is 8.26. The van der Waals surface area contributed by atoms with Crippen LogP contribution in [0.2, 0.25) is 0 Å². The number of hydrogen-bond donors (Lipinski definition) is 1. The molecule has 0 spiro atoms. The van der Waals surface area contributed by atoms with Gasteiger partial charge in [0.25, 0.3) is 5.91 Å². The molecular weight excluding hydrogens is 414 g/mol. The molecule has 0 saturated carbocycles. The van der Waals surface area contributed by atoms with E-state index in [1.807, 2.05) is 61.5 Å². The molecule has 1 aromatic heterocycles. The van der Waals surface area contributed by atoms with Crippen molar-refractivity contribution in [1.29, 1.82) is 0 Å². The summed E-state index contributed by atoms with van der Waals surface area (Å²) in [6.07, 6.45) is 0. The second kappa shape index (κ2) is 8.13. The van der Waals surface area contributed by atoms with Crippen molar-refractivity contribution in [3.8, 4) is 22.6 Å². The van der Waals surface area contributed by atoms with E-state index in [1.165, 1.54) is 0 Å². The Labute approximate surface area is 192 Å². The maximum absolute atomic E-state index is 13.2. The number of ether oxygens (including phenoxy) is 2. The highest BCUT2D eigenvalue weighted by Gasteiger charge is 2.32. The Morgan fingerprint density at radius 2 is 1.79 bits per heavy atom. The number of hydrogen-bond acceptors (Lipinski definition) is 5. The lowest BCUT2D eigenvalue weighted by Crippen LogP contribution is -2.23. The molecule has 5 rings (SSSR count). The molecule has 33 heavy (non-hydrogen) atoms. The van der Waals surface area contributed by atoms with E-state index in [-0.39, 0.29) is 5.91 Å². The van der Waals surface area contributed by atoms with E-state index in [4.69, 9.17) is 20.2 Å². The largest absolute Gasteiger partial charge is 0.497 e. The third-order valence-electron chi connectivity index (χ3n) is 6.15. The van der Waals surface area contributed by atoms with Crippen LogP contribution in [0.15, 0.2) is 60.7 Å². The summed E-state index contributed by atoms with van der Waals surface area (Å²) < 4.78 is 10.8. The summed E-state index contributed by atoms with van der Waals surface area (Å²) in [6.45, 7) is 2.94. The maximum atomic E-state index is 13.2. The summed E-state index contributed by atoms with van der Waals surface area (Å²) in [5.41, 5.74) is 13.1. The van der Waals surface area contributed by atoms with Crippen LogP contribution in [0.3, 0.4) is 0 Å². The van der Waals surface area contributed by atoms with Crippen LogP contribution in [0.25, 0.3) is 22.0 Å². The molecule has 1 aliphatic heterocycles. The Bertz CT molecular complexity index is 1380. The smallest absolute Gasteiger partial charge is 0.258 e. The monoisotopic (exact) mass is 439 g/mol. The highest BCUT2D eigenvalue weighted by molar-refractivity contribution is 6.11. The number of carbonyl (C=O) groups excluding carboxylic acids is 1. The van der Waals surface area contributed by atoms with Crippen LogP contribution in [0.4, 0.5) is 5.69 Å². The molecule has 0 fully saturated rings. The number of fused-ring (bicyclic) bond motifs is 2. The highest BCUT2D eigenvalue weighted by Crippen LogP contribution is 2.39. The van der Waals surface area contributed by atoms with Crippen molar-refractivity contribution in [3.63, 3.8) is 0 Å². The van der Waals surface area contributed by atoms with E-state index >= 15 is 0 Å². The van der Waals surface area contributed by atoms with Gasteiger partial charge in [0.05, 0.1) is 43.2 Å². The first-order valence-corrected chi connectivity index (χ1v) is 10.8. The quantitative estimate of drug-likeness (QED) is 0.475. The summed E-state index contributed by atoms with van der Waals surface area (Å²) in [5, 5.41) is 0.773. The highest BCUT2D eigenvalue weighted by atomic mass is 16.5. The molecule has 1 amide bonds. The molecule has 6 nitrogen and oxygen atoms in total. The zero-order chi connectivity index (χ0) is 23.1. The first-order chi connectivity index (χ1) is 16.0. The topological polar surface area (TPSA) is 77.7 Å². The minimum Gasteiger partial charge on any atom is -0.497 e. The number of methoxy groups -OCH3 is 2. The van der Waals surface area contributed by atoms with Gasteiger partial charge in [-0.2, -0.15) is 0 Å². The number of carbonyl (C=O) groups is 1. The van der Waals surface area contributed by atoms with Crippen molar-refractivity contribution in [2.75, 3.05) is 20.0 Å². The van der Waals surface area contributed by atoms with Gasteiger partial charge in [-0.05, 0) is 36.8 Å². The Balaban J connectivity index is 1.58. The molecule has 166 valence electrons. The molecule has 2 heterocycles. The summed E-state index contributed by atoms with van der Waals surface area (Å²) in [7, 11) is 3.30. The number of aromatic nitrogens is 1. The molecule has 0 radical (unpaired) electrons. The average Bonchev–Trinajstić information content (AvgIpc) is 3.14. The van der Waals surface area contributed by atoms with Gasteiger partial charge in [-0.25, -0.2) is 4.98 Å². The number of anilines is 1. The lowest BCUT2D eigenvalue weighted by atomic mass is 9.97. The molecule has 0 saturated heterocycles. The molecule has 0 bridgehead atoms. The Morgan fingerprint density at radius 1 is 1.00 bits per heavy atom. The van der Waals surface area contributed by atoms with Crippen molar-refractivity contribution < 1.29 is 14.3 Å². The van der Waals surface area contributed by atoms with Crippen molar-refractivity contribution >= 4 is 22.5 Å². The predicted molar refractivity (Wildman–Crippen MR) is 129 cm³/mol. The van der Waals surface area contributed by atoms with Crippen molar-refractivity contribution in [3.05, 3.63) is 83.0 Å². The van der Waals surface area contributed by atoms with Crippen LogP contribution in [0.5, 0.6) is 11.5 Å². The fraction of sp³-hybridized carbons (Fsp3) is 0.185. The SMILES string of the molecule is COc1ccc(CN2Cc3nc4c(-c5cc(C)ccc5OC)cccc4c(N)c3C2=O)cc1. The van der Waals surface area contributed by atoms with E-state index in [0.717, 1.165) is 44.7 Å². The Morgan fingerprint density at radius 3 is 2.52 bits per heavy atom. The Kier molecular flexibility index (Phi) is 5.13. The zero-order valence-electron chi connectivity index (χ0n) is 18.9. The number of nitrogen functional groups attached to an aromatic ring is 1. The van der Waals surface area contributed by atoms with E-state index in [1.54, 1.807) is 19.1 Å². The van der Waals surface area contributed by atoms with Gasteiger partial charge in [-0.3, -0.25) is 4.79 Å². The van der Waals surface area contributed by atoms with Gasteiger partial charge in [0.15, 0.2) is 0 Å². The molecule has 6 heteroatoms. The second-order valence-electron chi connectivity index (χ2n) is 8.26. The number of para-hydroxylation sites is 1. The van der Waals surface area contributed by atoms with Gasteiger partial charge in [0.1, 0.15) is 11.5 Å². The van der Waals surface area contributed by atoms with Crippen LogP contribution >= 0.6 is 0 Å². The van der Waals surface area contributed by atoms with Crippen molar-refractivity contribution in [2.45, 2.75) is 20.0 Å². The first kappa shape index (κ1) is 20.8. The molecule has 4 aromatic rings. The average molecular weight is 440 g/mol. The van der Waals surface area contributed by atoms with Gasteiger partial charge in [0.2, 0.25) is 0 Å². The molecule has 3 aromatic carbocycles. The normalized spacial score (nSPS) is 12.8. The third kappa shape index (κ3) is 3.53. The van der Waals surface area contributed by atoms with Crippen LogP contribution in [0, 0.1) is 6.92 Å². The van der Waals surface area contributed by atoms with Crippen LogP contribution in [-0.4, -0.2) is 30.0 Å². The number of aryl methyl sites for hydroxylation is 1. The number of benzene rings is 3. The van der Waals surface area contributed by atoms with Crippen LogP contribution < -0.4 is 15.2 Å². The van der Waals surface area contributed by atoms with Gasteiger partial charge >= 0.3 is 0 Å². The van der Waals surface area contributed by atoms with E-state index in [2.05, 4.69) is 6.07 Å². The third-order valence-corrected chi connectivity index (χ3v) is 6.15. The van der Waals surface area contributed by atoms with Crippen LogP contribution in [-0.2, 0) is 13.1 Å². The van der Waals surface area contributed by atoms with Crippen LogP contribution in [0.1, 0.15) is 27.2 Å². The molecule has 0 atom stereocenters. The predicted octanol–water partition coefficient (Wildman–Crippen LogP) is 4.97. The number of amides is 1. The molecule has 1 aliphatic rings. The summed E-state index contributed by atoms with van der Waals surface area (Å²) >= 11 is 0. The minimum atomic E-state index is -0.0914. The minimum absolute atomic E-state index is 0.0914. The van der Waals surface area contributed by atoms with Crippen molar-refractivity contribution in [2.24, 2.45) is 0 Å². The molecule has 0 unspecified atom stereocenters. The lowest BCUT2D eigenvalue weighted by molar-refractivity contribution is 0.0767. The van der Waals surface area contributed by atoms with Crippen molar-refractivity contribution in [1.82, 2.24) is 9.88 Å². The standard InChI is InChI=1S/C27H25N3O3/c1-16-7-12-23(33-3)21(13-16)19-5-4-6-20-25(28)24-22(29-26(19)20)15-30(27(24)31)14-17-8-10-18(32-2)11-9-17/h4-13H,14-15H2,1-3H3,(H2,28,29). The lowest BCUT2D eigenvalue weighted by Gasteiger charge is -2.15. The summed E-state index contributed by atoms with van der Waals surface area (Å²) in [6, 6.07) is 19.7. The van der Waals surface area contributed by atoms with E-state index in [9.17, 15) is 4.79 Å². The van der Waals surface area contributed by atoms with E-state index in [0.29, 0.717) is 30.0 Å². The van der Waals surface area contributed by atoms with E-state index < -0.39 is 0 Å². The molecular formula is C27H25N3O3. The Hall–Kier alpha value is -4.06. The number of rotatable bonds is 5. The first-order valence-electron chi connectivity index (χ1n) is 10.8. The number of nitrogens with zero attached hydrogens (tertiary/aromatic N) is 2. The molecule has 2 N–H and O–H groups in total. The maximum Gasteiger partial charge on any atom is 0.258 e. The number of nitrogens with two attached hydrogens (primary N) is 1. The van der Waals surface area contributed by atoms with Gasteiger partial charge in [-0.1, -0.05) is 42.0 Å². The van der Waals surface area contributed by atoms with Gasteiger partial charge in [-0.15, -0.1) is 0 Å². The summed E-state index contributed by atoms with van der Waals surface area (Å²) in [5.74, 6) is 1.46. The number of pyridine rings is 1. The molecule has 0 aliphatic carbocycles. The fourth-order valence-electron chi connectivity index (χ4n) is 4.45. The summed E-state index contributed by atoms with van der Waals surface area (Å²) in [4.78, 5) is 20.0. The van der Waals surface area contributed by atoms with Gasteiger partial charge < -0.3 is 20.1 Å². The fourth-order valence-corrected chi connectivity index (χ4v) is 4.45.